The molecule has 20 heavy (non-hydrogen) atoms. The van der Waals surface area contributed by atoms with Crippen LogP contribution in [-0.4, -0.2) is 10.7 Å². The maximum Gasteiger partial charge on any atom is 0.107 e. The summed E-state index contributed by atoms with van der Waals surface area (Å²) in [7, 11) is 0. The first-order chi connectivity index (χ1) is 9.63. The molecule has 1 heterocycles. The highest BCUT2D eigenvalue weighted by Crippen LogP contribution is 2.30. The second kappa shape index (κ2) is 7.45. The van der Waals surface area contributed by atoms with Crippen molar-refractivity contribution in [1.29, 1.82) is 0 Å². The van der Waals surface area contributed by atoms with Crippen LogP contribution < -0.4 is 11.1 Å². The van der Waals surface area contributed by atoms with Gasteiger partial charge in [-0.25, -0.2) is 0 Å². The lowest BCUT2D eigenvalue weighted by Crippen LogP contribution is -2.14. The zero-order chi connectivity index (χ0) is 14.5. The van der Waals surface area contributed by atoms with Gasteiger partial charge < -0.3 is 11.1 Å². The number of thioether (sulfide) groups is 1. The van der Waals surface area contributed by atoms with E-state index in [0.29, 0.717) is 4.99 Å². The maximum atomic E-state index is 5.90. The molecule has 2 rings (SSSR count). The minimum atomic E-state index is 0.439. The van der Waals surface area contributed by atoms with Crippen molar-refractivity contribution in [3.05, 3.63) is 44.6 Å². The molecule has 1 aromatic heterocycles. The third-order valence-electron chi connectivity index (χ3n) is 2.70. The summed E-state index contributed by atoms with van der Waals surface area (Å²) in [6, 6.07) is 8.18. The van der Waals surface area contributed by atoms with E-state index in [1.54, 1.807) is 23.1 Å². The van der Waals surface area contributed by atoms with E-state index in [-0.39, 0.29) is 0 Å². The number of halogens is 1. The van der Waals surface area contributed by atoms with Gasteiger partial charge in [0.25, 0.3) is 0 Å². The Hall–Kier alpha value is -0.560. The van der Waals surface area contributed by atoms with Gasteiger partial charge in [-0.05, 0) is 45.3 Å². The summed E-state index contributed by atoms with van der Waals surface area (Å²) in [5.41, 5.74) is 7.84. The SMILES string of the molecule is CCSc1cccc(NCc2sccc2Br)c1C(N)=S. The molecule has 0 aliphatic carbocycles. The van der Waals surface area contributed by atoms with Gasteiger partial charge in [-0.3, -0.25) is 0 Å². The molecule has 6 heteroatoms. The highest BCUT2D eigenvalue weighted by Gasteiger charge is 2.11. The average molecular weight is 387 g/mol. The summed E-state index contributed by atoms with van der Waals surface area (Å²) in [5, 5.41) is 5.50. The molecule has 3 N–H and O–H groups in total. The molecule has 106 valence electrons. The zero-order valence-corrected chi connectivity index (χ0v) is 15.0. The minimum absolute atomic E-state index is 0.439. The third-order valence-corrected chi connectivity index (χ3v) is 5.77. The molecule has 0 amide bonds. The van der Waals surface area contributed by atoms with Crippen LogP contribution in [0.2, 0.25) is 0 Å². The Morgan fingerprint density at radius 1 is 1.45 bits per heavy atom. The Kier molecular flexibility index (Phi) is 5.89. The second-order valence-electron chi connectivity index (χ2n) is 4.02. The predicted molar refractivity (Wildman–Crippen MR) is 98.1 cm³/mol. The van der Waals surface area contributed by atoms with Crippen LogP contribution in [-0.2, 0) is 6.54 Å². The van der Waals surface area contributed by atoms with E-state index < -0.39 is 0 Å². The van der Waals surface area contributed by atoms with Gasteiger partial charge in [-0.2, -0.15) is 0 Å². The summed E-state index contributed by atoms with van der Waals surface area (Å²) in [5.74, 6) is 0.996. The lowest BCUT2D eigenvalue weighted by molar-refractivity contribution is 1.17. The normalized spacial score (nSPS) is 10.5. The van der Waals surface area contributed by atoms with Crippen LogP contribution in [0, 0.1) is 0 Å². The van der Waals surface area contributed by atoms with Crippen molar-refractivity contribution in [2.45, 2.75) is 18.4 Å². The number of thiocarbonyl (C=S) groups is 1. The van der Waals surface area contributed by atoms with E-state index in [4.69, 9.17) is 18.0 Å². The zero-order valence-electron chi connectivity index (χ0n) is 11.0. The highest BCUT2D eigenvalue weighted by molar-refractivity contribution is 9.10. The Balaban J connectivity index is 2.24. The fraction of sp³-hybridized carbons (Fsp3) is 0.214. The summed E-state index contributed by atoms with van der Waals surface area (Å²) >= 11 is 12.2. The molecule has 0 unspecified atom stereocenters. The van der Waals surface area contributed by atoms with E-state index in [2.05, 4.69) is 45.7 Å². The van der Waals surface area contributed by atoms with E-state index in [0.717, 1.165) is 32.9 Å². The number of benzene rings is 1. The minimum Gasteiger partial charge on any atom is -0.389 e. The van der Waals surface area contributed by atoms with Crippen LogP contribution in [0.15, 0.2) is 39.0 Å². The number of hydrogen-bond acceptors (Lipinski definition) is 4. The van der Waals surface area contributed by atoms with Gasteiger partial charge in [0.05, 0.1) is 6.54 Å². The largest absolute Gasteiger partial charge is 0.389 e. The first-order valence-electron chi connectivity index (χ1n) is 6.14. The van der Waals surface area contributed by atoms with Gasteiger partial charge in [0.2, 0.25) is 0 Å². The van der Waals surface area contributed by atoms with E-state index in [9.17, 15) is 0 Å². The Morgan fingerprint density at radius 3 is 2.85 bits per heavy atom. The fourth-order valence-electron chi connectivity index (χ4n) is 1.84. The molecule has 2 nitrogen and oxygen atoms in total. The van der Waals surface area contributed by atoms with Gasteiger partial charge in [0.15, 0.2) is 0 Å². The third kappa shape index (κ3) is 3.75. The Bertz CT molecular complexity index is 610. The molecule has 1 aromatic carbocycles. The van der Waals surface area contributed by atoms with Gasteiger partial charge >= 0.3 is 0 Å². The number of hydrogen-bond donors (Lipinski definition) is 2. The molecular formula is C14H15BrN2S3. The second-order valence-corrected chi connectivity index (χ2v) is 7.62. The molecule has 0 bridgehead atoms. The van der Waals surface area contributed by atoms with Crippen molar-refractivity contribution in [1.82, 2.24) is 0 Å². The average Bonchev–Trinajstić information content (AvgIpc) is 2.82. The van der Waals surface area contributed by atoms with E-state index in [1.807, 2.05) is 12.1 Å². The summed E-state index contributed by atoms with van der Waals surface area (Å²) < 4.78 is 1.13. The summed E-state index contributed by atoms with van der Waals surface area (Å²) in [6.07, 6.45) is 0. The number of rotatable bonds is 6. The van der Waals surface area contributed by atoms with Crippen LogP contribution in [0.25, 0.3) is 0 Å². The molecule has 0 fully saturated rings. The topological polar surface area (TPSA) is 38.0 Å². The highest BCUT2D eigenvalue weighted by atomic mass is 79.9. The monoisotopic (exact) mass is 386 g/mol. The summed E-state index contributed by atoms with van der Waals surface area (Å²) in [6.45, 7) is 2.88. The number of anilines is 1. The summed E-state index contributed by atoms with van der Waals surface area (Å²) in [4.78, 5) is 2.83. The Morgan fingerprint density at radius 2 is 2.25 bits per heavy atom. The van der Waals surface area contributed by atoms with Gasteiger partial charge in [-0.15, -0.1) is 23.1 Å². The number of thiophene rings is 1. The number of nitrogens with two attached hydrogens (primary N) is 1. The van der Waals surface area contributed by atoms with Crippen molar-refractivity contribution in [2.24, 2.45) is 5.73 Å². The molecule has 0 aliphatic rings. The van der Waals surface area contributed by atoms with Crippen molar-refractivity contribution in [2.75, 3.05) is 11.1 Å². The van der Waals surface area contributed by atoms with Crippen molar-refractivity contribution in [3.63, 3.8) is 0 Å². The lowest BCUT2D eigenvalue weighted by atomic mass is 10.1. The maximum absolute atomic E-state index is 5.90. The van der Waals surface area contributed by atoms with Crippen molar-refractivity contribution < 1.29 is 0 Å². The quantitative estimate of drug-likeness (QED) is 0.548. The van der Waals surface area contributed by atoms with Crippen LogP contribution in [0.3, 0.4) is 0 Å². The van der Waals surface area contributed by atoms with Gasteiger partial charge in [-0.1, -0.05) is 25.2 Å². The standard InChI is InChI=1S/C14H15BrN2S3/c1-2-19-11-5-3-4-10(13(11)14(16)18)17-8-12-9(15)6-7-20-12/h3-7,17H,2,8H2,1H3,(H2,16,18). The first kappa shape index (κ1) is 15.8. The molecular weight excluding hydrogens is 372 g/mol. The van der Waals surface area contributed by atoms with E-state index in [1.165, 1.54) is 4.88 Å². The van der Waals surface area contributed by atoms with Gasteiger partial charge in [0, 0.05) is 25.5 Å². The van der Waals surface area contributed by atoms with Crippen LogP contribution >= 0.6 is 51.2 Å². The fourth-order valence-corrected chi connectivity index (χ4v) is 4.40. The van der Waals surface area contributed by atoms with Gasteiger partial charge in [0.1, 0.15) is 4.99 Å². The van der Waals surface area contributed by atoms with Crippen LogP contribution in [0.5, 0.6) is 0 Å². The molecule has 0 aliphatic heterocycles. The first-order valence-corrected chi connectivity index (χ1v) is 9.21. The van der Waals surface area contributed by atoms with Crippen molar-refractivity contribution in [3.8, 4) is 0 Å². The van der Waals surface area contributed by atoms with Crippen molar-refractivity contribution >= 4 is 61.9 Å². The molecule has 0 saturated carbocycles. The molecule has 0 atom stereocenters. The van der Waals surface area contributed by atoms with Crippen LogP contribution in [0.4, 0.5) is 5.69 Å². The molecule has 0 saturated heterocycles. The molecule has 0 radical (unpaired) electrons. The number of nitrogens with one attached hydrogen (secondary N) is 1. The van der Waals surface area contributed by atoms with Crippen LogP contribution in [0.1, 0.15) is 17.4 Å². The lowest BCUT2D eigenvalue weighted by Gasteiger charge is -2.14. The van der Waals surface area contributed by atoms with E-state index >= 15 is 0 Å². The predicted octanol–water partition coefficient (Wildman–Crippen LogP) is 4.87. The molecule has 0 spiro atoms. The molecule has 2 aromatic rings. The Labute approximate surface area is 141 Å². The smallest absolute Gasteiger partial charge is 0.107 e.